The van der Waals surface area contributed by atoms with E-state index in [1.54, 1.807) is 0 Å². The van der Waals surface area contributed by atoms with Gasteiger partial charge in [-0.05, 0) is 19.0 Å². The number of nitrogens with one attached hydrogen (secondary N) is 1. The zero-order chi connectivity index (χ0) is 14.2. The predicted molar refractivity (Wildman–Crippen MR) is 82.8 cm³/mol. The standard InChI is InChI=1S/C17H25NO2/c1-3-5-8-11-19-13-17-15(12-18-4-2)14-9-6-7-10-16(14)20-17/h6-7,9-10,18H,3-5,8,11-13H2,1-2H3. The van der Waals surface area contributed by atoms with Crippen molar-refractivity contribution in [2.75, 3.05) is 13.2 Å². The van der Waals surface area contributed by atoms with Crippen molar-refractivity contribution >= 4 is 11.0 Å². The van der Waals surface area contributed by atoms with Crippen molar-refractivity contribution in [3.8, 4) is 0 Å². The molecule has 0 saturated carbocycles. The highest BCUT2D eigenvalue weighted by Gasteiger charge is 2.13. The van der Waals surface area contributed by atoms with Crippen molar-refractivity contribution in [1.82, 2.24) is 5.32 Å². The lowest BCUT2D eigenvalue weighted by atomic mass is 10.1. The molecule has 0 aliphatic heterocycles. The predicted octanol–water partition coefficient (Wildman–Crippen LogP) is 4.25. The summed E-state index contributed by atoms with van der Waals surface area (Å²) in [6.07, 6.45) is 3.57. The van der Waals surface area contributed by atoms with E-state index in [9.17, 15) is 0 Å². The van der Waals surface area contributed by atoms with Crippen LogP contribution in [0.15, 0.2) is 28.7 Å². The molecule has 0 atom stereocenters. The number of fused-ring (bicyclic) bond motifs is 1. The molecule has 0 aliphatic rings. The van der Waals surface area contributed by atoms with Gasteiger partial charge in [-0.3, -0.25) is 0 Å². The summed E-state index contributed by atoms with van der Waals surface area (Å²) in [5.41, 5.74) is 2.19. The molecule has 3 heteroatoms. The molecule has 3 nitrogen and oxygen atoms in total. The van der Waals surface area contributed by atoms with Crippen LogP contribution < -0.4 is 5.32 Å². The normalized spacial score (nSPS) is 11.3. The summed E-state index contributed by atoms with van der Waals surface area (Å²) in [5.74, 6) is 0.962. The molecule has 0 saturated heterocycles. The second-order valence-corrected chi connectivity index (χ2v) is 5.04. The van der Waals surface area contributed by atoms with Gasteiger partial charge in [0.05, 0.1) is 0 Å². The molecule has 1 aromatic heterocycles. The molecule has 1 aromatic carbocycles. The zero-order valence-electron chi connectivity index (χ0n) is 12.6. The zero-order valence-corrected chi connectivity index (χ0v) is 12.6. The van der Waals surface area contributed by atoms with Crippen LogP contribution in [0.25, 0.3) is 11.0 Å². The quantitative estimate of drug-likeness (QED) is 0.695. The van der Waals surface area contributed by atoms with Crippen LogP contribution >= 0.6 is 0 Å². The summed E-state index contributed by atoms with van der Waals surface area (Å²) in [6, 6.07) is 8.20. The topological polar surface area (TPSA) is 34.4 Å². The summed E-state index contributed by atoms with van der Waals surface area (Å²) in [4.78, 5) is 0. The summed E-state index contributed by atoms with van der Waals surface area (Å²) in [7, 11) is 0. The Hall–Kier alpha value is -1.32. The van der Waals surface area contributed by atoms with Crippen molar-refractivity contribution in [2.45, 2.75) is 46.3 Å². The maximum atomic E-state index is 5.94. The number of benzene rings is 1. The number of para-hydroxylation sites is 1. The first kappa shape index (κ1) is 15.1. The fourth-order valence-electron chi connectivity index (χ4n) is 2.33. The third-order valence-electron chi connectivity index (χ3n) is 3.46. The highest BCUT2D eigenvalue weighted by molar-refractivity contribution is 5.82. The number of hydrogen-bond donors (Lipinski definition) is 1. The first-order valence-electron chi connectivity index (χ1n) is 7.64. The first-order chi connectivity index (χ1) is 9.86. The lowest BCUT2D eigenvalue weighted by molar-refractivity contribution is 0.103. The van der Waals surface area contributed by atoms with E-state index in [2.05, 4.69) is 31.3 Å². The van der Waals surface area contributed by atoms with Gasteiger partial charge in [0.25, 0.3) is 0 Å². The van der Waals surface area contributed by atoms with Crippen molar-refractivity contribution in [3.63, 3.8) is 0 Å². The van der Waals surface area contributed by atoms with Crippen molar-refractivity contribution < 1.29 is 9.15 Å². The lowest BCUT2D eigenvalue weighted by Crippen LogP contribution is -2.13. The number of rotatable bonds is 9. The summed E-state index contributed by atoms with van der Waals surface area (Å²) >= 11 is 0. The fraction of sp³-hybridized carbons (Fsp3) is 0.529. The monoisotopic (exact) mass is 275 g/mol. The lowest BCUT2D eigenvalue weighted by Gasteiger charge is -2.05. The van der Waals surface area contributed by atoms with Gasteiger partial charge < -0.3 is 14.5 Å². The Balaban J connectivity index is 2.05. The molecular formula is C17H25NO2. The Labute approximate surface area is 121 Å². The van der Waals surface area contributed by atoms with E-state index in [1.165, 1.54) is 23.8 Å². The molecular weight excluding hydrogens is 250 g/mol. The van der Waals surface area contributed by atoms with E-state index in [-0.39, 0.29) is 0 Å². The number of unbranched alkanes of at least 4 members (excludes halogenated alkanes) is 2. The van der Waals surface area contributed by atoms with Crippen LogP contribution in [0.1, 0.15) is 44.4 Å². The van der Waals surface area contributed by atoms with Crippen molar-refractivity contribution in [2.24, 2.45) is 0 Å². The second-order valence-electron chi connectivity index (χ2n) is 5.04. The second kappa shape index (κ2) is 8.08. The number of hydrogen-bond acceptors (Lipinski definition) is 3. The first-order valence-corrected chi connectivity index (χ1v) is 7.64. The average molecular weight is 275 g/mol. The van der Waals surface area contributed by atoms with Gasteiger partial charge in [-0.1, -0.05) is 44.9 Å². The van der Waals surface area contributed by atoms with Crippen molar-refractivity contribution in [3.05, 3.63) is 35.6 Å². The highest BCUT2D eigenvalue weighted by atomic mass is 16.5. The van der Waals surface area contributed by atoms with Gasteiger partial charge in [-0.25, -0.2) is 0 Å². The molecule has 0 amide bonds. The summed E-state index contributed by atoms with van der Waals surface area (Å²) < 4.78 is 11.7. The van der Waals surface area contributed by atoms with Gasteiger partial charge in [-0.2, -0.15) is 0 Å². The van der Waals surface area contributed by atoms with E-state index >= 15 is 0 Å². The van der Waals surface area contributed by atoms with Crippen LogP contribution in [0.5, 0.6) is 0 Å². The SMILES string of the molecule is CCCCCOCc1oc2ccccc2c1CNCC. The number of ether oxygens (including phenoxy) is 1. The largest absolute Gasteiger partial charge is 0.458 e. The average Bonchev–Trinajstić information content (AvgIpc) is 2.82. The molecule has 0 spiro atoms. The van der Waals surface area contributed by atoms with Crippen LogP contribution in [0, 0.1) is 0 Å². The van der Waals surface area contributed by atoms with E-state index in [0.29, 0.717) is 6.61 Å². The van der Waals surface area contributed by atoms with Gasteiger partial charge in [-0.15, -0.1) is 0 Å². The maximum absolute atomic E-state index is 5.94. The maximum Gasteiger partial charge on any atom is 0.135 e. The van der Waals surface area contributed by atoms with Gasteiger partial charge in [0.2, 0.25) is 0 Å². The Morgan fingerprint density at radius 3 is 2.80 bits per heavy atom. The Kier molecular flexibility index (Phi) is 6.09. The molecule has 0 fully saturated rings. The van der Waals surface area contributed by atoms with Gasteiger partial charge in [0, 0.05) is 24.1 Å². The van der Waals surface area contributed by atoms with Gasteiger partial charge in [0.1, 0.15) is 18.0 Å². The summed E-state index contributed by atoms with van der Waals surface area (Å²) in [5, 5.41) is 4.57. The molecule has 0 aliphatic carbocycles. The van der Waals surface area contributed by atoms with E-state index in [4.69, 9.17) is 9.15 Å². The Morgan fingerprint density at radius 1 is 1.15 bits per heavy atom. The molecule has 0 unspecified atom stereocenters. The molecule has 1 N–H and O–H groups in total. The van der Waals surface area contributed by atoms with Crippen molar-refractivity contribution in [1.29, 1.82) is 0 Å². The van der Waals surface area contributed by atoms with E-state index < -0.39 is 0 Å². The van der Waals surface area contributed by atoms with Crippen LogP contribution in [0.4, 0.5) is 0 Å². The highest BCUT2D eigenvalue weighted by Crippen LogP contribution is 2.26. The van der Waals surface area contributed by atoms with Crippen LogP contribution in [-0.2, 0) is 17.9 Å². The van der Waals surface area contributed by atoms with E-state index in [1.807, 2.05) is 12.1 Å². The third-order valence-corrected chi connectivity index (χ3v) is 3.46. The molecule has 20 heavy (non-hydrogen) atoms. The van der Waals surface area contributed by atoms with Crippen LogP contribution in [0.3, 0.4) is 0 Å². The molecule has 0 radical (unpaired) electrons. The fourth-order valence-corrected chi connectivity index (χ4v) is 2.33. The van der Waals surface area contributed by atoms with Gasteiger partial charge >= 0.3 is 0 Å². The molecule has 2 rings (SSSR count). The smallest absolute Gasteiger partial charge is 0.135 e. The molecule has 1 heterocycles. The summed E-state index contributed by atoms with van der Waals surface area (Å²) in [6.45, 7) is 7.49. The minimum Gasteiger partial charge on any atom is -0.458 e. The third kappa shape index (κ3) is 3.84. The minimum absolute atomic E-state index is 0.569. The minimum atomic E-state index is 0.569. The Bertz CT molecular complexity index is 519. The van der Waals surface area contributed by atoms with Crippen LogP contribution in [0.2, 0.25) is 0 Å². The van der Waals surface area contributed by atoms with Gasteiger partial charge in [0.15, 0.2) is 0 Å². The molecule has 2 aromatic rings. The molecule has 0 bridgehead atoms. The van der Waals surface area contributed by atoms with E-state index in [0.717, 1.165) is 37.5 Å². The Morgan fingerprint density at radius 2 is 2.00 bits per heavy atom. The molecule has 110 valence electrons. The number of furan rings is 1. The van der Waals surface area contributed by atoms with Crippen LogP contribution in [-0.4, -0.2) is 13.2 Å².